The molecule has 1 N–H and O–H groups in total. The first-order valence-electron chi connectivity index (χ1n) is 9.93. The van der Waals surface area contributed by atoms with Gasteiger partial charge in [-0.15, -0.1) is 0 Å². The number of morpholine rings is 1. The molecule has 2 aromatic carbocycles. The van der Waals surface area contributed by atoms with Gasteiger partial charge in [-0.05, 0) is 49.1 Å². The average Bonchev–Trinajstić information content (AvgIpc) is 2.69. The van der Waals surface area contributed by atoms with Crippen molar-refractivity contribution in [2.75, 3.05) is 32.8 Å². The first kappa shape index (κ1) is 20.8. The summed E-state index contributed by atoms with van der Waals surface area (Å²) in [5, 5.41) is 3.86. The lowest BCUT2D eigenvalue weighted by Crippen LogP contribution is -2.43. The molecule has 0 aromatic heterocycles. The van der Waals surface area contributed by atoms with E-state index in [9.17, 15) is 4.79 Å². The molecule has 1 aliphatic rings. The van der Waals surface area contributed by atoms with Crippen LogP contribution in [0, 0.1) is 13.8 Å². The Balaban J connectivity index is 1.59. The summed E-state index contributed by atoms with van der Waals surface area (Å²) < 4.78 is 5.49. The maximum absolute atomic E-state index is 12.5. The van der Waals surface area contributed by atoms with Gasteiger partial charge in [0.25, 0.3) is 0 Å². The summed E-state index contributed by atoms with van der Waals surface area (Å²) in [5.74, 6) is 0.0900. The fourth-order valence-electron chi connectivity index (χ4n) is 3.71. The Hall–Kier alpha value is -1.88. The molecule has 1 saturated heterocycles. The molecule has 0 aliphatic carbocycles. The van der Waals surface area contributed by atoms with Crippen LogP contribution in [0.25, 0.3) is 0 Å². The normalized spacial score (nSPS) is 16.0. The predicted molar refractivity (Wildman–Crippen MR) is 114 cm³/mol. The summed E-state index contributed by atoms with van der Waals surface area (Å²) >= 11 is 6.05. The summed E-state index contributed by atoms with van der Waals surface area (Å²) in [4.78, 5) is 14.9. The Bertz CT molecular complexity index is 786. The Morgan fingerprint density at radius 3 is 2.54 bits per heavy atom. The van der Waals surface area contributed by atoms with Gasteiger partial charge in [0.15, 0.2) is 0 Å². The predicted octanol–water partition coefficient (Wildman–Crippen LogP) is 4.08. The maximum Gasteiger partial charge on any atom is 0.220 e. The monoisotopic (exact) mass is 400 g/mol. The fraction of sp³-hybridized carbons (Fsp3) is 0.435. The molecule has 0 radical (unpaired) electrons. The van der Waals surface area contributed by atoms with E-state index in [4.69, 9.17) is 16.3 Å². The molecule has 3 rings (SSSR count). The van der Waals surface area contributed by atoms with E-state index in [1.165, 1.54) is 22.3 Å². The van der Waals surface area contributed by atoms with Crippen molar-refractivity contribution in [1.29, 1.82) is 0 Å². The van der Waals surface area contributed by atoms with Crippen LogP contribution in [-0.2, 0) is 16.0 Å². The molecule has 28 heavy (non-hydrogen) atoms. The van der Waals surface area contributed by atoms with Gasteiger partial charge in [0, 0.05) is 31.1 Å². The van der Waals surface area contributed by atoms with Crippen molar-refractivity contribution < 1.29 is 9.53 Å². The smallest absolute Gasteiger partial charge is 0.220 e. The van der Waals surface area contributed by atoms with Crippen molar-refractivity contribution in [3.63, 3.8) is 0 Å². The van der Waals surface area contributed by atoms with Crippen LogP contribution in [0.15, 0.2) is 42.5 Å². The standard InChI is InChI=1S/C23H29ClN2O2/c1-17-3-4-19(18(2)15-17)7-10-23(27)25-16-22(26-11-13-28-14-12-26)20-5-8-21(24)9-6-20/h3-6,8-9,15,22H,7,10-14,16H2,1-2H3,(H,25,27)/t22-/m1/s1. The van der Waals surface area contributed by atoms with Gasteiger partial charge in [0.1, 0.15) is 0 Å². The van der Waals surface area contributed by atoms with Gasteiger partial charge < -0.3 is 10.1 Å². The number of nitrogens with zero attached hydrogens (tertiary/aromatic N) is 1. The molecule has 1 heterocycles. The summed E-state index contributed by atoms with van der Waals surface area (Å²) in [6.07, 6.45) is 1.27. The minimum atomic E-state index is 0.0900. The molecule has 1 atom stereocenters. The highest BCUT2D eigenvalue weighted by Gasteiger charge is 2.23. The second-order valence-electron chi connectivity index (χ2n) is 7.45. The zero-order valence-corrected chi connectivity index (χ0v) is 17.5. The van der Waals surface area contributed by atoms with Gasteiger partial charge in [-0.3, -0.25) is 9.69 Å². The lowest BCUT2D eigenvalue weighted by Gasteiger charge is -2.35. The molecule has 0 saturated carbocycles. The van der Waals surface area contributed by atoms with Gasteiger partial charge in [-0.25, -0.2) is 0 Å². The summed E-state index contributed by atoms with van der Waals surface area (Å²) in [5.41, 5.74) is 4.91. The van der Waals surface area contributed by atoms with Crippen LogP contribution >= 0.6 is 11.6 Å². The Kier molecular flexibility index (Phi) is 7.49. The Labute approximate surface area is 172 Å². The Morgan fingerprint density at radius 2 is 1.86 bits per heavy atom. The molecule has 0 spiro atoms. The number of benzene rings is 2. The van der Waals surface area contributed by atoms with Gasteiger partial charge in [0.2, 0.25) is 5.91 Å². The lowest BCUT2D eigenvalue weighted by atomic mass is 10.0. The van der Waals surface area contributed by atoms with E-state index < -0.39 is 0 Å². The van der Waals surface area contributed by atoms with Crippen molar-refractivity contribution >= 4 is 17.5 Å². The zero-order valence-electron chi connectivity index (χ0n) is 16.7. The molecule has 150 valence electrons. The number of aryl methyl sites for hydroxylation is 3. The number of hydrogen-bond acceptors (Lipinski definition) is 3. The minimum absolute atomic E-state index is 0.0900. The second kappa shape index (κ2) is 10.1. The van der Waals surface area contributed by atoms with E-state index in [0.717, 1.165) is 37.7 Å². The number of hydrogen-bond donors (Lipinski definition) is 1. The van der Waals surface area contributed by atoms with Crippen molar-refractivity contribution in [3.8, 4) is 0 Å². The minimum Gasteiger partial charge on any atom is -0.379 e. The van der Waals surface area contributed by atoms with Crippen LogP contribution in [0.1, 0.15) is 34.7 Å². The van der Waals surface area contributed by atoms with Crippen LogP contribution in [-0.4, -0.2) is 43.7 Å². The Morgan fingerprint density at radius 1 is 1.14 bits per heavy atom. The van der Waals surface area contributed by atoms with E-state index in [1.807, 2.05) is 24.3 Å². The third kappa shape index (κ3) is 5.81. The first-order chi connectivity index (χ1) is 13.5. The number of rotatable bonds is 7. The molecule has 2 aromatic rings. The fourth-order valence-corrected chi connectivity index (χ4v) is 3.83. The van der Waals surface area contributed by atoms with Crippen molar-refractivity contribution in [1.82, 2.24) is 10.2 Å². The van der Waals surface area contributed by atoms with Crippen molar-refractivity contribution in [2.45, 2.75) is 32.7 Å². The van der Waals surface area contributed by atoms with E-state index >= 15 is 0 Å². The van der Waals surface area contributed by atoms with E-state index in [2.05, 4.69) is 42.3 Å². The second-order valence-corrected chi connectivity index (χ2v) is 7.89. The maximum atomic E-state index is 12.5. The molecule has 5 heteroatoms. The molecular formula is C23H29ClN2O2. The summed E-state index contributed by atoms with van der Waals surface area (Å²) in [6.45, 7) is 7.97. The molecule has 4 nitrogen and oxygen atoms in total. The quantitative estimate of drug-likeness (QED) is 0.761. The van der Waals surface area contributed by atoms with Gasteiger partial charge in [-0.2, -0.15) is 0 Å². The molecule has 0 unspecified atom stereocenters. The topological polar surface area (TPSA) is 41.6 Å². The molecular weight excluding hydrogens is 372 g/mol. The van der Waals surface area contributed by atoms with Crippen LogP contribution in [0.2, 0.25) is 5.02 Å². The largest absolute Gasteiger partial charge is 0.379 e. The van der Waals surface area contributed by atoms with Crippen LogP contribution in [0.5, 0.6) is 0 Å². The first-order valence-corrected chi connectivity index (χ1v) is 10.3. The van der Waals surface area contributed by atoms with Crippen LogP contribution in [0.4, 0.5) is 0 Å². The molecule has 1 amide bonds. The summed E-state index contributed by atoms with van der Waals surface area (Å²) in [7, 11) is 0. The van der Waals surface area contributed by atoms with Gasteiger partial charge in [-0.1, -0.05) is 47.5 Å². The third-order valence-electron chi connectivity index (χ3n) is 5.35. The van der Waals surface area contributed by atoms with Crippen LogP contribution in [0.3, 0.4) is 0 Å². The zero-order chi connectivity index (χ0) is 19.9. The molecule has 0 bridgehead atoms. The highest BCUT2D eigenvalue weighted by atomic mass is 35.5. The average molecular weight is 401 g/mol. The van der Waals surface area contributed by atoms with Crippen molar-refractivity contribution in [2.24, 2.45) is 0 Å². The third-order valence-corrected chi connectivity index (χ3v) is 5.61. The number of nitrogens with one attached hydrogen (secondary N) is 1. The van der Waals surface area contributed by atoms with E-state index in [1.54, 1.807) is 0 Å². The number of ether oxygens (including phenoxy) is 1. The molecule has 1 aliphatic heterocycles. The van der Waals surface area contributed by atoms with E-state index in [0.29, 0.717) is 13.0 Å². The van der Waals surface area contributed by atoms with Gasteiger partial charge >= 0.3 is 0 Å². The highest BCUT2D eigenvalue weighted by molar-refractivity contribution is 6.30. The highest BCUT2D eigenvalue weighted by Crippen LogP contribution is 2.23. The summed E-state index contributed by atoms with van der Waals surface area (Å²) in [6, 6.07) is 14.4. The number of carbonyl (C=O) groups excluding carboxylic acids is 1. The molecule has 1 fully saturated rings. The number of halogens is 1. The van der Waals surface area contributed by atoms with E-state index in [-0.39, 0.29) is 11.9 Å². The SMILES string of the molecule is Cc1ccc(CCC(=O)NC[C@H](c2ccc(Cl)cc2)N2CCOCC2)c(C)c1. The van der Waals surface area contributed by atoms with Gasteiger partial charge in [0.05, 0.1) is 19.3 Å². The van der Waals surface area contributed by atoms with Crippen LogP contribution < -0.4 is 5.32 Å². The number of carbonyl (C=O) groups is 1. The number of amides is 1. The van der Waals surface area contributed by atoms with Crippen molar-refractivity contribution in [3.05, 3.63) is 69.7 Å². The lowest BCUT2D eigenvalue weighted by molar-refractivity contribution is -0.121.